The summed E-state index contributed by atoms with van der Waals surface area (Å²) in [4.78, 5) is 0. The SMILES string of the molecule is CCSCCC(C)NCC(F)(F)F. The van der Waals surface area contributed by atoms with Crippen molar-refractivity contribution >= 4 is 11.8 Å². The van der Waals surface area contributed by atoms with E-state index in [1.807, 2.05) is 6.92 Å². The zero-order valence-corrected chi connectivity index (χ0v) is 8.76. The number of halogens is 3. The highest BCUT2D eigenvalue weighted by Gasteiger charge is 2.26. The average Bonchev–Trinajstić information content (AvgIpc) is 2.00. The number of hydrogen-bond acceptors (Lipinski definition) is 2. The van der Waals surface area contributed by atoms with Crippen molar-refractivity contribution in [1.82, 2.24) is 5.32 Å². The van der Waals surface area contributed by atoms with Crippen LogP contribution in [0.2, 0.25) is 0 Å². The largest absolute Gasteiger partial charge is 0.401 e. The van der Waals surface area contributed by atoms with Gasteiger partial charge >= 0.3 is 6.18 Å². The Bertz CT molecular complexity index is 127. The van der Waals surface area contributed by atoms with Crippen molar-refractivity contribution < 1.29 is 13.2 Å². The van der Waals surface area contributed by atoms with Gasteiger partial charge in [0.15, 0.2) is 0 Å². The van der Waals surface area contributed by atoms with Gasteiger partial charge in [-0.15, -0.1) is 0 Å². The quantitative estimate of drug-likeness (QED) is 0.684. The van der Waals surface area contributed by atoms with Crippen LogP contribution in [0.15, 0.2) is 0 Å². The van der Waals surface area contributed by atoms with Crippen LogP contribution < -0.4 is 5.32 Å². The van der Waals surface area contributed by atoms with Crippen molar-refractivity contribution in [3.8, 4) is 0 Å². The van der Waals surface area contributed by atoms with Gasteiger partial charge in [0, 0.05) is 6.04 Å². The molecule has 0 heterocycles. The van der Waals surface area contributed by atoms with Crippen molar-refractivity contribution in [2.24, 2.45) is 0 Å². The second kappa shape index (κ2) is 6.54. The minimum atomic E-state index is -4.09. The standard InChI is InChI=1S/C8H16F3NS/c1-3-13-5-4-7(2)12-6-8(9,10)11/h7,12H,3-6H2,1-2H3. The van der Waals surface area contributed by atoms with E-state index in [2.05, 4.69) is 5.32 Å². The van der Waals surface area contributed by atoms with Crippen LogP contribution in [0.25, 0.3) is 0 Å². The van der Waals surface area contributed by atoms with Crippen LogP contribution >= 0.6 is 11.8 Å². The number of hydrogen-bond donors (Lipinski definition) is 1. The minimum absolute atomic E-state index is 0.0549. The fourth-order valence-corrected chi connectivity index (χ4v) is 1.61. The lowest BCUT2D eigenvalue weighted by atomic mass is 10.2. The summed E-state index contributed by atoms with van der Waals surface area (Å²) in [5.41, 5.74) is 0. The van der Waals surface area contributed by atoms with Crippen molar-refractivity contribution in [3.63, 3.8) is 0 Å². The van der Waals surface area contributed by atoms with E-state index in [0.29, 0.717) is 0 Å². The Labute approximate surface area is 81.5 Å². The fraction of sp³-hybridized carbons (Fsp3) is 1.00. The number of nitrogens with one attached hydrogen (secondary N) is 1. The molecule has 13 heavy (non-hydrogen) atoms. The summed E-state index contributed by atoms with van der Waals surface area (Å²) in [6.45, 7) is 2.94. The highest BCUT2D eigenvalue weighted by molar-refractivity contribution is 7.99. The van der Waals surface area contributed by atoms with Gasteiger partial charge in [-0.1, -0.05) is 6.92 Å². The maximum absolute atomic E-state index is 11.7. The maximum atomic E-state index is 11.7. The molecule has 0 fully saturated rings. The van der Waals surface area contributed by atoms with Crippen LogP contribution in [0.4, 0.5) is 13.2 Å². The average molecular weight is 215 g/mol. The molecule has 0 saturated carbocycles. The van der Waals surface area contributed by atoms with Crippen molar-refractivity contribution in [1.29, 1.82) is 0 Å². The molecule has 1 nitrogen and oxygen atoms in total. The van der Waals surface area contributed by atoms with E-state index in [9.17, 15) is 13.2 Å². The molecular weight excluding hydrogens is 199 g/mol. The molecule has 0 spiro atoms. The van der Waals surface area contributed by atoms with Gasteiger partial charge in [0.05, 0.1) is 6.54 Å². The molecule has 1 atom stereocenters. The molecular formula is C8H16F3NS. The first-order valence-corrected chi connectivity index (χ1v) is 5.49. The van der Waals surface area contributed by atoms with Gasteiger partial charge in [-0.25, -0.2) is 0 Å². The summed E-state index contributed by atoms with van der Waals surface area (Å²) >= 11 is 1.75. The highest BCUT2D eigenvalue weighted by atomic mass is 32.2. The predicted octanol–water partition coefficient (Wildman–Crippen LogP) is 2.67. The molecule has 0 aliphatic heterocycles. The first-order valence-electron chi connectivity index (χ1n) is 4.33. The van der Waals surface area contributed by atoms with Crippen LogP contribution in [0, 0.1) is 0 Å². The van der Waals surface area contributed by atoms with E-state index in [4.69, 9.17) is 0 Å². The van der Waals surface area contributed by atoms with Gasteiger partial charge in [0.25, 0.3) is 0 Å². The molecule has 0 aromatic rings. The van der Waals surface area contributed by atoms with Gasteiger partial charge in [0.1, 0.15) is 0 Å². The summed E-state index contributed by atoms with van der Waals surface area (Å²) in [6, 6.07) is -0.0549. The number of rotatable bonds is 6. The lowest BCUT2D eigenvalue weighted by Gasteiger charge is -2.14. The normalized spacial score (nSPS) is 14.5. The molecule has 0 aliphatic rings. The second-order valence-electron chi connectivity index (χ2n) is 2.88. The molecule has 0 aromatic carbocycles. The highest BCUT2D eigenvalue weighted by Crippen LogP contribution is 2.13. The predicted molar refractivity (Wildman–Crippen MR) is 51.1 cm³/mol. The minimum Gasteiger partial charge on any atom is -0.306 e. The van der Waals surface area contributed by atoms with E-state index in [-0.39, 0.29) is 6.04 Å². The Balaban J connectivity index is 3.35. The van der Waals surface area contributed by atoms with Crippen LogP contribution in [0.5, 0.6) is 0 Å². The molecule has 0 radical (unpaired) electrons. The molecule has 1 N–H and O–H groups in total. The van der Waals surface area contributed by atoms with Gasteiger partial charge < -0.3 is 5.32 Å². The zero-order chi connectivity index (χ0) is 10.3. The molecule has 0 saturated heterocycles. The molecule has 5 heteroatoms. The summed E-state index contributed by atoms with van der Waals surface area (Å²) < 4.78 is 35.2. The number of alkyl halides is 3. The Kier molecular flexibility index (Phi) is 6.59. The summed E-state index contributed by atoms with van der Waals surface area (Å²) in [5, 5.41) is 2.44. The molecule has 1 unspecified atom stereocenters. The van der Waals surface area contributed by atoms with Crippen LogP contribution in [0.3, 0.4) is 0 Å². The van der Waals surface area contributed by atoms with E-state index in [1.165, 1.54) is 0 Å². The molecule has 0 amide bonds. The van der Waals surface area contributed by atoms with Gasteiger partial charge in [-0.2, -0.15) is 24.9 Å². The molecule has 0 bridgehead atoms. The third-order valence-electron chi connectivity index (χ3n) is 1.55. The summed E-state index contributed by atoms with van der Waals surface area (Å²) in [5.74, 6) is 1.94. The summed E-state index contributed by atoms with van der Waals surface area (Å²) in [7, 11) is 0. The fourth-order valence-electron chi connectivity index (χ4n) is 0.796. The van der Waals surface area contributed by atoms with Crippen LogP contribution in [-0.2, 0) is 0 Å². The Morgan fingerprint density at radius 2 is 2.00 bits per heavy atom. The third kappa shape index (κ3) is 10.0. The van der Waals surface area contributed by atoms with Crippen LogP contribution in [0.1, 0.15) is 20.3 Å². The zero-order valence-electron chi connectivity index (χ0n) is 7.95. The van der Waals surface area contributed by atoms with E-state index < -0.39 is 12.7 Å². The van der Waals surface area contributed by atoms with E-state index in [0.717, 1.165) is 17.9 Å². The van der Waals surface area contributed by atoms with Crippen molar-refractivity contribution in [2.45, 2.75) is 32.5 Å². The molecule has 0 rings (SSSR count). The van der Waals surface area contributed by atoms with Gasteiger partial charge in [-0.05, 0) is 24.9 Å². The summed E-state index contributed by atoms with van der Waals surface area (Å²) in [6.07, 6.45) is -3.30. The number of thioether (sulfide) groups is 1. The molecule has 0 aliphatic carbocycles. The third-order valence-corrected chi connectivity index (χ3v) is 2.48. The topological polar surface area (TPSA) is 12.0 Å². The van der Waals surface area contributed by atoms with Crippen molar-refractivity contribution in [3.05, 3.63) is 0 Å². The Morgan fingerprint density at radius 1 is 1.38 bits per heavy atom. The van der Waals surface area contributed by atoms with Crippen molar-refractivity contribution in [2.75, 3.05) is 18.1 Å². The maximum Gasteiger partial charge on any atom is 0.401 e. The van der Waals surface area contributed by atoms with Gasteiger partial charge in [0.2, 0.25) is 0 Å². The second-order valence-corrected chi connectivity index (χ2v) is 4.28. The molecule has 80 valence electrons. The Hall–Kier alpha value is 0.100. The van der Waals surface area contributed by atoms with E-state index in [1.54, 1.807) is 18.7 Å². The first kappa shape index (κ1) is 13.1. The monoisotopic (exact) mass is 215 g/mol. The lowest BCUT2D eigenvalue weighted by Crippen LogP contribution is -2.35. The van der Waals surface area contributed by atoms with E-state index >= 15 is 0 Å². The lowest BCUT2D eigenvalue weighted by molar-refractivity contribution is -0.126. The molecule has 0 aromatic heterocycles. The smallest absolute Gasteiger partial charge is 0.306 e. The van der Waals surface area contributed by atoms with Gasteiger partial charge in [-0.3, -0.25) is 0 Å². The first-order chi connectivity index (χ1) is 5.95. The van der Waals surface area contributed by atoms with Crippen LogP contribution in [-0.4, -0.2) is 30.3 Å². The Morgan fingerprint density at radius 3 is 2.46 bits per heavy atom.